The number of nitrogens with zero attached hydrogens (tertiary/aromatic N) is 4. The highest BCUT2D eigenvalue weighted by Gasteiger charge is 2.55. The van der Waals surface area contributed by atoms with Gasteiger partial charge in [-0.1, -0.05) is 31.9 Å². The Morgan fingerprint density at radius 1 is 1.30 bits per heavy atom. The Kier molecular flexibility index (Phi) is 5.27. The Morgan fingerprint density at radius 2 is 2.07 bits per heavy atom. The Bertz CT molecular complexity index is 942. The van der Waals surface area contributed by atoms with Gasteiger partial charge in [-0.15, -0.1) is 0 Å². The van der Waals surface area contributed by atoms with E-state index in [2.05, 4.69) is 20.7 Å². The normalized spacial score (nSPS) is 24.7. The zero-order valence-corrected chi connectivity index (χ0v) is 17.2. The van der Waals surface area contributed by atoms with Crippen molar-refractivity contribution in [1.29, 1.82) is 0 Å². The number of aromatic nitrogens is 3. The molecule has 0 radical (unpaired) electrons. The Balaban J connectivity index is 1.38. The summed E-state index contributed by atoms with van der Waals surface area (Å²) in [6, 6.07) is 6.82. The summed E-state index contributed by atoms with van der Waals surface area (Å²) >= 11 is 0. The van der Waals surface area contributed by atoms with Crippen LogP contribution in [0.3, 0.4) is 0 Å². The van der Waals surface area contributed by atoms with Gasteiger partial charge in [-0.05, 0) is 43.4 Å². The van der Waals surface area contributed by atoms with Crippen LogP contribution in [0.4, 0.5) is 4.79 Å². The van der Waals surface area contributed by atoms with Gasteiger partial charge in [0, 0.05) is 0 Å². The number of nitrogens with one attached hydrogen (secondary N) is 2. The van der Waals surface area contributed by atoms with Crippen LogP contribution in [0.25, 0.3) is 5.69 Å². The molecule has 30 heavy (non-hydrogen) atoms. The van der Waals surface area contributed by atoms with Gasteiger partial charge in [-0.2, -0.15) is 5.10 Å². The van der Waals surface area contributed by atoms with Gasteiger partial charge in [-0.3, -0.25) is 14.5 Å². The second-order valence-corrected chi connectivity index (χ2v) is 8.16. The molecule has 2 aromatic rings. The van der Waals surface area contributed by atoms with E-state index in [-0.39, 0.29) is 30.3 Å². The molecule has 1 saturated carbocycles. The molecular formula is C21H26N6O3. The molecule has 1 saturated heterocycles. The smallest absolute Gasteiger partial charge is 0.325 e. The highest BCUT2D eigenvalue weighted by atomic mass is 16.2. The number of amides is 4. The minimum Gasteiger partial charge on any atom is -0.348 e. The van der Waals surface area contributed by atoms with Crippen molar-refractivity contribution in [3.63, 3.8) is 0 Å². The van der Waals surface area contributed by atoms with Crippen molar-refractivity contribution in [2.45, 2.75) is 51.1 Å². The summed E-state index contributed by atoms with van der Waals surface area (Å²) in [5.41, 5.74) is 0.918. The first kappa shape index (κ1) is 20.1. The summed E-state index contributed by atoms with van der Waals surface area (Å²) in [5, 5.41) is 9.83. The molecular weight excluding hydrogens is 384 g/mol. The number of benzene rings is 1. The maximum atomic E-state index is 13.0. The van der Waals surface area contributed by atoms with Crippen molar-refractivity contribution in [2.75, 3.05) is 6.54 Å². The molecule has 4 amide bonds. The summed E-state index contributed by atoms with van der Waals surface area (Å²) in [6.07, 6.45) is 6.56. The standard InChI is InChI=1S/C21H26N6O3/c1-14-5-3-4-10-21(14)19(29)26(20(30)25-21)11-18(28)24-15(2)16-6-8-17(9-7-16)27-13-22-12-23-27/h6-9,12-15H,3-5,10-11H2,1-2H3,(H,24,28)(H,25,30)/t14-,15-,21-/m0/s1. The molecule has 1 aliphatic carbocycles. The van der Waals surface area contributed by atoms with Crippen LogP contribution in [0.1, 0.15) is 51.1 Å². The van der Waals surface area contributed by atoms with Crippen LogP contribution >= 0.6 is 0 Å². The van der Waals surface area contributed by atoms with E-state index in [9.17, 15) is 14.4 Å². The second-order valence-electron chi connectivity index (χ2n) is 8.16. The topological polar surface area (TPSA) is 109 Å². The third-order valence-electron chi connectivity index (χ3n) is 6.26. The molecule has 1 aromatic heterocycles. The third kappa shape index (κ3) is 3.55. The minimum atomic E-state index is -0.849. The number of rotatable bonds is 5. The average Bonchev–Trinajstić information content (AvgIpc) is 3.34. The van der Waals surface area contributed by atoms with E-state index in [1.54, 1.807) is 11.0 Å². The van der Waals surface area contributed by atoms with Gasteiger partial charge in [0.1, 0.15) is 24.7 Å². The minimum absolute atomic E-state index is 0.0678. The van der Waals surface area contributed by atoms with E-state index in [0.29, 0.717) is 6.42 Å². The van der Waals surface area contributed by atoms with E-state index in [0.717, 1.165) is 35.4 Å². The van der Waals surface area contributed by atoms with Crippen LogP contribution in [0.5, 0.6) is 0 Å². The molecule has 1 aliphatic heterocycles. The number of imide groups is 1. The van der Waals surface area contributed by atoms with Gasteiger partial charge in [0.05, 0.1) is 11.7 Å². The van der Waals surface area contributed by atoms with Gasteiger partial charge >= 0.3 is 6.03 Å². The number of carbonyl (C=O) groups is 3. The van der Waals surface area contributed by atoms with E-state index in [4.69, 9.17) is 0 Å². The Labute approximate surface area is 174 Å². The first-order valence-electron chi connectivity index (χ1n) is 10.3. The van der Waals surface area contributed by atoms with Crippen molar-refractivity contribution in [3.8, 4) is 5.69 Å². The number of carbonyl (C=O) groups excluding carboxylic acids is 3. The lowest BCUT2D eigenvalue weighted by atomic mass is 9.73. The van der Waals surface area contributed by atoms with Crippen LogP contribution in [0, 0.1) is 5.92 Å². The maximum Gasteiger partial charge on any atom is 0.325 e. The average molecular weight is 410 g/mol. The fourth-order valence-electron chi connectivity index (χ4n) is 4.41. The van der Waals surface area contributed by atoms with Crippen molar-refractivity contribution >= 4 is 17.8 Å². The molecule has 2 N–H and O–H groups in total. The molecule has 0 bridgehead atoms. The summed E-state index contributed by atoms with van der Waals surface area (Å²) in [5.74, 6) is -0.579. The molecule has 3 atom stereocenters. The predicted octanol–water partition coefficient (Wildman–Crippen LogP) is 1.95. The predicted molar refractivity (Wildman–Crippen MR) is 109 cm³/mol. The first-order valence-corrected chi connectivity index (χ1v) is 10.3. The Hall–Kier alpha value is -3.23. The summed E-state index contributed by atoms with van der Waals surface area (Å²) in [4.78, 5) is 43.0. The van der Waals surface area contributed by atoms with Crippen LogP contribution in [0.2, 0.25) is 0 Å². The van der Waals surface area contributed by atoms with E-state index >= 15 is 0 Å². The van der Waals surface area contributed by atoms with Crippen LogP contribution in [-0.2, 0) is 9.59 Å². The number of urea groups is 1. The van der Waals surface area contributed by atoms with E-state index in [1.807, 2.05) is 38.1 Å². The molecule has 1 aromatic carbocycles. The van der Waals surface area contributed by atoms with Crippen LogP contribution in [-0.4, -0.2) is 49.6 Å². The quantitative estimate of drug-likeness (QED) is 0.732. The Morgan fingerprint density at radius 3 is 2.73 bits per heavy atom. The molecule has 1 spiro atoms. The molecule has 2 heterocycles. The molecule has 0 unspecified atom stereocenters. The molecule has 4 rings (SSSR count). The third-order valence-corrected chi connectivity index (χ3v) is 6.26. The van der Waals surface area contributed by atoms with Crippen molar-refractivity contribution < 1.29 is 14.4 Å². The fourth-order valence-corrected chi connectivity index (χ4v) is 4.41. The highest BCUT2D eigenvalue weighted by molar-refractivity contribution is 6.09. The highest BCUT2D eigenvalue weighted by Crippen LogP contribution is 2.38. The monoisotopic (exact) mass is 410 g/mol. The van der Waals surface area contributed by atoms with Crippen molar-refractivity contribution in [1.82, 2.24) is 30.3 Å². The molecule has 2 fully saturated rings. The number of hydrogen-bond donors (Lipinski definition) is 2. The second kappa shape index (κ2) is 7.89. The SMILES string of the molecule is C[C@H](NC(=O)CN1C(=O)N[C@]2(CCCC[C@@H]2C)C1=O)c1ccc(-n2cncn2)cc1. The number of hydrogen-bond acceptors (Lipinski definition) is 5. The molecule has 2 aliphatic rings. The van der Waals surface area contributed by atoms with E-state index < -0.39 is 11.6 Å². The van der Waals surface area contributed by atoms with Gasteiger partial charge < -0.3 is 10.6 Å². The summed E-state index contributed by atoms with van der Waals surface area (Å²) < 4.78 is 1.65. The van der Waals surface area contributed by atoms with Gasteiger partial charge in [-0.25, -0.2) is 14.5 Å². The van der Waals surface area contributed by atoms with Gasteiger partial charge in [0.25, 0.3) is 5.91 Å². The summed E-state index contributed by atoms with van der Waals surface area (Å²) in [7, 11) is 0. The lowest BCUT2D eigenvalue weighted by Crippen LogP contribution is -2.54. The maximum absolute atomic E-state index is 13.0. The summed E-state index contributed by atoms with van der Waals surface area (Å²) in [6.45, 7) is 3.57. The van der Waals surface area contributed by atoms with E-state index in [1.165, 1.54) is 6.33 Å². The van der Waals surface area contributed by atoms with Crippen LogP contribution < -0.4 is 10.6 Å². The molecule has 9 nitrogen and oxygen atoms in total. The lowest BCUT2D eigenvalue weighted by molar-refractivity contribution is -0.137. The lowest BCUT2D eigenvalue weighted by Gasteiger charge is -2.36. The zero-order valence-electron chi connectivity index (χ0n) is 17.2. The van der Waals surface area contributed by atoms with Crippen LogP contribution in [0.15, 0.2) is 36.9 Å². The zero-order chi connectivity index (χ0) is 21.3. The van der Waals surface area contributed by atoms with Crippen molar-refractivity contribution in [3.05, 3.63) is 42.5 Å². The molecule has 158 valence electrons. The van der Waals surface area contributed by atoms with Crippen molar-refractivity contribution in [2.24, 2.45) is 5.92 Å². The van der Waals surface area contributed by atoms with Gasteiger partial charge in [0.2, 0.25) is 5.91 Å². The largest absolute Gasteiger partial charge is 0.348 e. The fraction of sp³-hybridized carbons (Fsp3) is 0.476. The first-order chi connectivity index (χ1) is 14.4. The molecule has 9 heteroatoms. The van der Waals surface area contributed by atoms with Gasteiger partial charge in [0.15, 0.2) is 0 Å².